The summed E-state index contributed by atoms with van der Waals surface area (Å²) in [5, 5.41) is 10.4. The van der Waals surface area contributed by atoms with E-state index in [4.69, 9.17) is 16.7 Å². The summed E-state index contributed by atoms with van der Waals surface area (Å²) in [6.07, 6.45) is 0.192. The van der Waals surface area contributed by atoms with Gasteiger partial charge in [-0.25, -0.2) is 13.6 Å². The molecule has 0 saturated heterocycles. The third kappa shape index (κ3) is 3.90. The predicted molar refractivity (Wildman–Crippen MR) is 69.7 cm³/mol. The second-order valence-corrected chi connectivity index (χ2v) is 5.09. The number of nitrogens with one attached hydrogen (secondary N) is 1. The molecule has 110 valence electrons. The highest BCUT2D eigenvalue weighted by Gasteiger charge is 2.24. The van der Waals surface area contributed by atoms with Crippen LogP contribution in [0, 0.1) is 17.6 Å². The van der Waals surface area contributed by atoms with Crippen molar-refractivity contribution in [2.45, 2.75) is 26.3 Å². The third-order valence-corrected chi connectivity index (χ3v) is 2.94. The quantitative estimate of drug-likeness (QED) is 0.822. The summed E-state index contributed by atoms with van der Waals surface area (Å²) in [6, 6.07) is 0.615. The van der Waals surface area contributed by atoms with Crippen LogP contribution in [0.15, 0.2) is 12.1 Å². The summed E-state index contributed by atoms with van der Waals surface area (Å²) in [6.45, 7) is 3.58. The smallest absolute Gasteiger partial charge is 0.326 e. The van der Waals surface area contributed by atoms with Crippen molar-refractivity contribution in [1.29, 1.82) is 0 Å². The zero-order valence-electron chi connectivity index (χ0n) is 10.9. The molecule has 0 bridgehead atoms. The lowest BCUT2D eigenvalue weighted by atomic mass is 10.0. The van der Waals surface area contributed by atoms with Crippen molar-refractivity contribution >= 4 is 23.5 Å². The molecule has 0 heterocycles. The summed E-state index contributed by atoms with van der Waals surface area (Å²) < 4.78 is 26.6. The lowest BCUT2D eigenvalue weighted by Crippen LogP contribution is -2.42. The fourth-order valence-electron chi connectivity index (χ4n) is 1.63. The number of carbonyl (C=O) groups is 2. The standard InChI is InChI=1S/C13H14ClF2NO3/c1-6(2)5-9(13(19)20)17-12(18)7-3-4-8(15)10(14)11(7)16/h3-4,6,9H,5H2,1-2H3,(H,17,18)(H,19,20)/t9-/m1/s1. The molecular weight excluding hydrogens is 292 g/mol. The molecular formula is C13H14ClF2NO3. The minimum absolute atomic E-state index is 0.0260. The Morgan fingerprint density at radius 3 is 2.45 bits per heavy atom. The van der Waals surface area contributed by atoms with E-state index in [1.165, 1.54) is 0 Å². The monoisotopic (exact) mass is 305 g/mol. The molecule has 0 fully saturated rings. The zero-order valence-corrected chi connectivity index (χ0v) is 11.7. The zero-order chi connectivity index (χ0) is 15.4. The van der Waals surface area contributed by atoms with Gasteiger partial charge in [0.05, 0.1) is 5.56 Å². The van der Waals surface area contributed by atoms with Crippen molar-refractivity contribution in [3.63, 3.8) is 0 Å². The molecule has 1 rings (SSSR count). The van der Waals surface area contributed by atoms with E-state index in [0.717, 1.165) is 12.1 Å². The Bertz CT molecular complexity index is 535. The Labute approximate surface area is 119 Å². The second kappa shape index (κ2) is 6.65. The first-order valence-electron chi connectivity index (χ1n) is 5.91. The molecule has 2 N–H and O–H groups in total. The Kier molecular flexibility index (Phi) is 5.44. The predicted octanol–water partition coefficient (Wildman–Crippen LogP) is 2.85. The van der Waals surface area contributed by atoms with Crippen LogP contribution in [0.4, 0.5) is 8.78 Å². The van der Waals surface area contributed by atoms with Gasteiger partial charge in [-0.1, -0.05) is 25.4 Å². The van der Waals surface area contributed by atoms with Crippen LogP contribution in [-0.2, 0) is 4.79 Å². The Morgan fingerprint density at radius 2 is 1.95 bits per heavy atom. The molecule has 0 aliphatic carbocycles. The van der Waals surface area contributed by atoms with E-state index in [0.29, 0.717) is 0 Å². The number of benzene rings is 1. The first kappa shape index (κ1) is 16.4. The van der Waals surface area contributed by atoms with Gasteiger partial charge >= 0.3 is 5.97 Å². The van der Waals surface area contributed by atoms with Gasteiger partial charge in [-0.3, -0.25) is 4.79 Å². The van der Waals surface area contributed by atoms with Crippen LogP contribution in [-0.4, -0.2) is 23.0 Å². The van der Waals surface area contributed by atoms with Gasteiger partial charge in [0.1, 0.15) is 16.9 Å². The van der Waals surface area contributed by atoms with E-state index >= 15 is 0 Å². The average Bonchev–Trinajstić information content (AvgIpc) is 2.34. The van der Waals surface area contributed by atoms with Gasteiger partial charge in [0, 0.05) is 0 Å². The molecule has 4 nitrogen and oxygen atoms in total. The summed E-state index contributed by atoms with van der Waals surface area (Å²) >= 11 is 5.36. The van der Waals surface area contributed by atoms with Crippen molar-refractivity contribution < 1.29 is 23.5 Å². The second-order valence-electron chi connectivity index (χ2n) is 4.72. The number of hydrogen-bond acceptors (Lipinski definition) is 2. The largest absolute Gasteiger partial charge is 0.480 e. The highest BCUT2D eigenvalue weighted by molar-refractivity contribution is 6.31. The van der Waals surface area contributed by atoms with Crippen molar-refractivity contribution in [2.75, 3.05) is 0 Å². The molecule has 1 aromatic carbocycles. The van der Waals surface area contributed by atoms with Crippen LogP contribution in [0.5, 0.6) is 0 Å². The maximum absolute atomic E-state index is 13.6. The molecule has 0 saturated carbocycles. The van der Waals surface area contributed by atoms with Gasteiger partial charge in [0.2, 0.25) is 0 Å². The fraction of sp³-hybridized carbons (Fsp3) is 0.385. The maximum atomic E-state index is 13.6. The number of amides is 1. The molecule has 0 spiro atoms. The molecule has 0 aromatic heterocycles. The van der Waals surface area contributed by atoms with E-state index in [1.807, 2.05) is 0 Å². The number of carbonyl (C=O) groups excluding carboxylic acids is 1. The summed E-state index contributed by atoms with van der Waals surface area (Å²) in [4.78, 5) is 22.8. The van der Waals surface area contributed by atoms with E-state index in [1.54, 1.807) is 13.8 Å². The Balaban J connectivity index is 2.95. The average molecular weight is 306 g/mol. The molecule has 7 heteroatoms. The molecule has 0 unspecified atom stereocenters. The number of aliphatic carboxylic acids is 1. The first-order chi connectivity index (χ1) is 9.23. The maximum Gasteiger partial charge on any atom is 0.326 e. The summed E-state index contributed by atoms with van der Waals surface area (Å²) in [7, 11) is 0. The molecule has 1 atom stereocenters. The van der Waals surface area contributed by atoms with Gasteiger partial charge in [0.15, 0.2) is 5.82 Å². The summed E-state index contributed by atoms with van der Waals surface area (Å²) in [5.74, 6) is -4.34. The number of halogens is 3. The van der Waals surface area contributed by atoms with Crippen molar-refractivity contribution in [2.24, 2.45) is 5.92 Å². The van der Waals surface area contributed by atoms with E-state index in [9.17, 15) is 18.4 Å². The number of rotatable bonds is 5. The van der Waals surface area contributed by atoms with Crippen LogP contribution in [0.3, 0.4) is 0 Å². The minimum Gasteiger partial charge on any atom is -0.480 e. The van der Waals surface area contributed by atoms with E-state index in [2.05, 4.69) is 5.32 Å². The van der Waals surface area contributed by atoms with Gasteiger partial charge in [-0.15, -0.1) is 0 Å². The van der Waals surface area contributed by atoms with Crippen LogP contribution < -0.4 is 5.32 Å². The first-order valence-corrected chi connectivity index (χ1v) is 6.29. The summed E-state index contributed by atoms with van der Waals surface area (Å²) in [5.41, 5.74) is -0.494. The lowest BCUT2D eigenvalue weighted by Gasteiger charge is -2.16. The molecule has 20 heavy (non-hydrogen) atoms. The molecule has 0 aliphatic heterocycles. The highest BCUT2D eigenvalue weighted by atomic mass is 35.5. The highest BCUT2D eigenvalue weighted by Crippen LogP contribution is 2.22. The van der Waals surface area contributed by atoms with Gasteiger partial charge in [0.25, 0.3) is 5.91 Å². The van der Waals surface area contributed by atoms with Crippen molar-refractivity contribution in [1.82, 2.24) is 5.32 Å². The van der Waals surface area contributed by atoms with Crippen LogP contribution in [0.25, 0.3) is 0 Å². The number of hydrogen-bond donors (Lipinski definition) is 2. The SMILES string of the molecule is CC(C)C[C@@H](NC(=O)c1ccc(F)c(Cl)c1F)C(=O)O. The molecule has 1 amide bonds. The molecule has 0 radical (unpaired) electrons. The minimum atomic E-state index is -1.22. The fourth-order valence-corrected chi connectivity index (χ4v) is 1.79. The van der Waals surface area contributed by atoms with Crippen molar-refractivity contribution in [3.05, 3.63) is 34.4 Å². The number of carboxylic acid groups (broad SMARTS) is 1. The van der Waals surface area contributed by atoms with Gasteiger partial charge < -0.3 is 10.4 Å². The van der Waals surface area contributed by atoms with E-state index in [-0.39, 0.29) is 12.3 Å². The van der Waals surface area contributed by atoms with Gasteiger partial charge in [-0.05, 0) is 24.5 Å². The van der Waals surface area contributed by atoms with Crippen LogP contribution in [0.2, 0.25) is 5.02 Å². The number of carboxylic acids is 1. The van der Waals surface area contributed by atoms with Gasteiger partial charge in [-0.2, -0.15) is 0 Å². The van der Waals surface area contributed by atoms with E-state index < -0.39 is 40.1 Å². The third-order valence-electron chi connectivity index (χ3n) is 2.59. The molecule has 1 aromatic rings. The Morgan fingerprint density at radius 1 is 1.35 bits per heavy atom. The van der Waals surface area contributed by atoms with Crippen LogP contribution >= 0.6 is 11.6 Å². The van der Waals surface area contributed by atoms with Crippen molar-refractivity contribution in [3.8, 4) is 0 Å². The normalized spacial score (nSPS) is 12.3. The topological polar surface area (TPSA) is 66.4 Å². The molecule has 0 aliphatic rings. The lowest BCUT2D eigenvalue weighted by molar-refractivity contribution is -0.139. The Hall–Kier alpha value is -1.69. The van der Waals surface area contributed by atoms with Crippen LogP contribution in [0.1, 0.15) is 30.6 Å².